The van der Waals surface area contributed by atoms with Crippen LogP contribution in [0.3, 0.4) is 0 Å². The fourth-order valence-corrected chi connectivity index (χ4v) is 10.4. The molecule has 0 amide bonds. The molecule has 0 atom stereocenters. The average Bonchev–Trinajstić information content (AvgIpc) is 3.21. The zero-order chi connectivity index (χ0) is 24.3. The molecule has 0 aliphatic carbocycles. The Hall–Kier alpha value is -0.122. The zero-order valence-electron chi connectivity index (χ0n) is 22.2. The van der Waals surface area contributed by atoms with E-state index >= 15 is 0 Å². The monoisotopic (exact) mass is 611 g/mol. The average molecular weight is 611 g/mol. The predicted molar refractivity (Wildman–Crippen MR) is 144 cm³/mol. The molecule has 2 aromatic rings. The molecule has 0 aliphatic rings. The van der Waals surface area contributed by atoms with Gasteiger partial charge in [0, 0.05) is 12.4 Å². The zero-order valence-corrected chi connectivity index (χ0v) is 26.7. The van der Waals surface area contributed by atoms with Crippen molar-refractivity contribution in [3.63, 3.8) is 0 Å². The number of hydrogen-bond donors (Lipinski definition) is 0. The molecule has 2 rings (SSSR count). The molecule has 8 heteroatoms. The molecule has 0 saturated heterocycles. The molecule has 2 heterocycles. The van der Waals surface area contributed by atoms with E-state index in [1.807, 2.05) is 24.3 Å². The summed E-state index contributed by atoms with van der Waals surface area (Å²) in [5.74, 6) is 0. The van der Waals surface area contributed by atoms with Gasteiger partial charge in [-0.25, -0.2) is 0 Å². The first-order valence-corrected chi connectivity index (χ1v) is 17.8. The first kappa shape index (κ1) is 34.0. The van der Waals surface area contributed by atoms with E-state index < -0.39 is 16.5 Å². The Labute approximate surface area is 240 Å². The van der Waals surface area contributed by atoms with Crippen LogP contribution in [0.5, 0.6) is 0 Å². The maximum Gasteiger partial charge on any atom is 3.00 e. The molecule has 2 aromatic heterocycles. The largest absolute Gasteiger partial charge is 3.00 e. The van der Waals surface area contributed by atoms with Crippen LogP contribution in [0.15, 0.2) is 46.6 Å². The molecule has 180 valence electrons. The number of rotatable bonds is 4. The van der Waals surface area contributed by atoms with Crippen molar-refractivity contribution in [3.05, 3.63) is 52.7 Å². The Morgan fingerprint density at radius 3 is 1.16 bits per heavy atom. The van der Waals surface area contributed by atoms with Crippen molar-refractivity contribution in [2.45, 2.75) is 91.9 Å². The summed E-state index contributed by atoms with van der Waals surface area (Å²) >= 11 is 0. The van der Waals surface area contributed by atoms with Crippen LogP contribution in [0, 0.1) is 49.4 Å². The van der Waals surface area contributed by atoms with Crippen molar-refractivity contribution in [1.29, 1.82) is 0 Å². The fourth-order valence-electron chi connectivity index (χ4n) is 2.31. The van der Waals surface area contributed by atoms with Gasteiger partial charge in [0.05, 0.1) is 11.1 Å². The molecule has 0 saturated carbocycles. The van der Waals surface area contributed by atoms with Crippen LogP contribution in [-0.4, -0.2) is 40.0 Å². The van der Waals surface area contributed by atoms with Crippen molar-refractivity contribution >= 4 is 28.9 Å². The summed E-state index contributed by atoms with van der Waals surface area (Å²) in [6, 6.07) is 7.69. The number of hydrogen-bond acceptors (Lipinski definition) is 2. The van der Waals surface area contributed by atoms with E-state index in [0.29, 0.717) is 0 Å². The molecule has 0 unspecified atom stereocenters. The molecular weight excluding hydrogens is 566 g/mol. The molecule has 0 fully saturated rings. The van der Waals surface area contributed by atoms with Crippen LogP contribution in [0.1, 0.15) is 52.9 Å². The minimum absolute atomic E-state index is 0. The summed E-state index contributed by atoms with van der Waals surface area (Å²) in [5, 5.41) is 0. The van der Waals surface area contributed by atoms with Gasteiger partial charge in [-0.3, -0.25) is 9.98 Å². The van der Waals surface area contributed by atoms with Gasteiger partial charge in [0.15, 0.2) is 0 Å². The summed E-state index contributed by atoms with van der Waals surface area (Å²) in [7, 11) is -2.21. The van der Waals surface area contributed by atoms with Crippen molar-refractivity contribution in [2.24, 2.45) is 9.98 Å². The summed E-state index contributed by atoms with van der Waals surface area (Å²) in [4.78, 5) is 16.8. The standard InChI is InChI=1S/2C9H13N2.C6H18NSi2.Eu/c2*1-9(2,3)11-7-8-5-4-6-10-8;1-8(2,3)7-9(4,5)6;/h2*4-7H,1-3H3;1-6H3;/q3*-1;+3. The van der Waals surface area contributed by atoms with Gasteiger partial charge in [-0.05, 0) is 41.5 Å². The van der Waals surface area contributed by atoms with Crippen LogP contribution in [-0.2, 0) is 0 Å². The third kappa shape index (κ3) is 24.5. The maximum absolute atomic E-state index is 4.82. The summed E-state index contributed by atoms with van der Waals surface area (Å²) in [6.07, 6.45) is 7.15. The van der Waals surface area contributed by atoms with Crippen LogP contribution >= 0.6 is 0 Å². The van der Waals surface area contributed by atoms with Crippen LogP contribution in [0.4, 0.5) is 0 Å². The normalized spacial score (nSPS) is 12.6. The SMILES string of the molecule is CC(C)(C)N=Cc1ccc[n-]1.CC(C)(C)N=Cc1ccc[n-]1.C[Si](C)(C)[N-][Si](C)(C)C.[Eu+3]. The molecule has 0 spiro atoms. The van der Waals surface area contributed by atoms with Gasteiger partial charge in [0.25, 0.3) is 0 Å². The Balaban J connectivity index is 0. The molecule has 0 aliphatic heterocycles. The van der Waals surface area contributed by atoms with Gasteiger partial charge < -0.3 is 14.6 Å². The van der Waals surface area contributed by atoms with E-state index in [9.17, 15) is 0 Å². The molecule has 5 nitrogen and oxygen atoms in total. The molecule has 0 bridgehead atoms. The third-order valence-electron chi connectivity index (χ3n) is 2.99. The van der Waals surface area contributed by atoms with Gasteiger partial charge in [0.2, 0.25) is 0 Å². The van der Waals surface area contributed by atoms with Gasteiger partial charge in [-0.15, -0.1) is 11.4 Å². The quantitative estimate of drug-likeness (QED) is 0.284. The minimum Gasteiger partial charge on any atom is -0.668 e. The van der Waals surface area contributed by atoms with Crippen molar-refractivity contribution in [2.75, 3.05) is 0 Å². The topological polar surface area (TPSA) is 67.0 Å². The maximum atomic E-state index is 4.82. The number of aromatic nitrogens is 2. The first-order valence-electron chi connectivity index (χ1n) is 10.9. The second-order valence-corrected chi connectivity index (χ2v) is 21.0. The van der Waals surface area contributed by atoms with E-state index in [2.05, 4.69) is 101 Å². The fraction of sp³-hybridized carbons (Fsp3) is 0.583. The van der Waals surface area contributed by atoms with Crippen molar-refractivity contribution in [1.82, 2.24) is 9.97 Å². The summed E-state index contributed by atoms with van der Waals surface area (Å²) < 4.78 is 4.82. The smallest absolute Gasteiger partial charge is 0.668 e. The van der Waals surface area contributed by atoms with Crippen molar-refractivity contribution < 1.29 is 49.4 Å². The minimum atomic E-state index is -1.11. The third-order valence-corrected chi connectivity index (χ3v) is 8.36. The Morgan fingerprint density at radius 1 is 0.688 bits per heavy atom. The number of nitrogens with zero attached hydrogens (tertiary/aromatic N) is 5. The Kier molecular flexibility index (Phi) is 16.0. The summed E-state index contributed by atoms with van der Waals surface area (Å²) in [6.45, 7) is 26.2. The summed E-state index contributed by atoms with van der Waals surface area (Å²) in [5.41, 5.74) is 1.86. The molecular formula is C24H44EuN5Si2. The van der Waals surface area contributed by atoms with Crippen LogP contribution < -0.4 is 9.97 Å². The van der Waals surface area contributed by atoms with E-state index in [4.69, 9.17) is 4.65 Å². The van der Waals surface area contributed by atoms with Crippen LogP contribution in [0.25, 0.3) is 4.65 Å². The Morgan fingerprint density at radius 2 is 1.00 bits per heavy atom. The van der Waals surface area contributed by atoms with E-state index in [1.54, 1.807) is 24.8 Å². The molecule has 0 N–H and O–H groups in total. The van der Waals surface area contributed by atoms with E-state index in [1.165, 1.54) is 0 Å². The van der Waals surface area contributed by atoms with Gasteiger partial charge in [0.1, 0.15) is 0 Å². The van der Waals surface area contributed by atoms with Crippen LogP contribution in [0.2, 0.25) is 39.3 Å². The Bertz CT molecular complexity index is 689. The van der Waals surface area contributed by atoms with E-state index in [-0.39, 0.29) is 60.5 Å². The van der Waals surface area contributed by atoms with Gasteiger partial charge in [-0.1, -0.05) is 80.0 Å². The number of aliphatic imine (C=N–C) groups is 2. The molecule has 0 aromatic carbocycles. The molecule has 0 radical (unpaired) electrons. The second kappa shape index (κ2) is 15.0. The van der Waals surface area contributed by atoms with Gasteiger partial charge >= 0.3 is 49.4 Å². The first-order chi connectivity index (χ1) is 13.9. The van der Waals surface area contributed by atoms with Crippen molar-refractivity contribution in [3.8, 4) is 0 Å². The van der Waals surface area contributed by atoms with Gasteiger partial charge in [-0.2, -0.15) is 12.4 Å². The second-order valence-electron chi connectivity index (χ2n) is 11.4. The molecule has 32 heavy (non-hydrogen) atoms. The van der Waals surface area contributed by atoms with E-state index in [0.717, 1.165) is 11.4 Å². The predicted octanol–water partition coefficient (Wildman–Crippen LogP) is 6.75.